The third-order valence-electron chi connectivity index (χ3n) is 9.87. The fourth-order valence-corrected chi connectivity index (χ4v) is 8.57. The highest BCUT2D eigenvalue weighted by molar-refractivity contribution is 7.91. The number of anilines is 1. The average Bonchev–Trinajstić information content (AvgIpc) is 3.85. The third-order valence-corrected chi connectivity index (χ3v) is 11.0. The molecule has 2 aliphatic heterocycles. The van der Waals surface area contributed by atoms with Crippen LogP contribution in [0.25, 0.3) is 28.0 Å². The number of rotatable bonds is 10. The number of halogens is 1. The van der Waals surface area contributed by atoms with Gasteiger partial charge in [-0.3, -0.25) is 9.78 Å². The van der Waals surface area contributed by atoms with E-state index >= 15 is 0 Å². The lowest BCUT2D eigenvalue weighted by Gasteiger charge is -2.38. The molecule has 0 saturated carbocycles. The predicted octanol–water partition coefficient (Wildman–Crippen LogP) is 3.49. The van der Waals surface area contributed by atoms with E-state index in [1.165, 1.54) is 21.6 Å². The van der Waals surface area contributed by atoms with Crippen molar-refractivity contribution in [2.45, 2.75) is 61.9 Å². The van der Waals surface area contributed by atoms with Gasteiger partial charge in [-0.15, -0.1) is 9.90 Å². The lowest BCUT2D eigenvalue weighted by molar-refractivity contribution is 0.0561. The molecule has 4 aromatic heterocycles. The number of hydrogen-bond acceptors (Lipinski definition) is 11. The van der Waals surface area contributed by atoms with Crippen molar-refractivity contribution in [1.82, 2.24) is 49.7 Å². The fraction of sp³-hybridized carbons (Fsp3) is 0.417. The lowest BCUT2D eigenvalue weighted by Crippen LogP contribution is -2.46. The summed E-state index contributed by atoms with van der Waals surface area (Å²) in [4.78, 5) is 33.3. The number of piperidine rings is 1. The number of amides is 1. The molecule has 278 valence electrons. The van der Waals surface area contributed by atoms with Crippen molar-refractivity contribution in [3.8, 4) is 22.4 Å². The molecule has 2 saturated heterocycles. The molecule has 2 bridgehead atoms. The molecule has 15 nitrogen and oxygen atoms in total. The smallest absolute Gasteiger partial charge is 0.276 e. The summed E-state index contributed by atoms with van der Waals surface area (Å²) in [5.41, 5.74) is 9.66. The molecule has 53 heavy (non-hydrogen) atoms. The number of aliphatic imine (C=N–C) groups is 1. The molecule has 7 rings (SSSR count). The minimum absolute atomic E-state index is 0.0305. The number of aromatic nitrogens is 7. The Hall–Kier alpha value is -5.29. The Labute approximate surface area is 307 Å². The molecular weight excluding hydrogens is 700 g/mol. The van der Waals surface area contributed by atoms with Crippen LogP contribution in [0.3, 0.4) is 0 Å². The quantitative estimate of drug-likeness (QED) is 0.121. The van der Waals surface area contributed by atoms with Crippen LogP contribution in [0.2, 0.25) is 0 Å². The Morgan fingerprint density at radius 3 is 2.47 bits per heavy atom. The van der Waals surface area contributed by atoms with Crippen LogP contribution in [0.4, 0.5) is 10.2 Å². The maximum absolute atomic E-state index is 14.4. The van der Waals surface area contributed by atoms with Crippen LogP contribution in [0.15, 0.2) is 64.9 Å². The van der Waals surface area contributed by atoms with E-state index in [2.05, 4.69) is 35.5 Å². The standard InChI is InChI=1S/C36H43FN12O3S/c1-5-39-36(40-15-8-16-46(2)3)49-43-21-30(45-49)35(50)47-24-12-13-25(47)18-23(17-24)31-32(53(4,51)52)33(38)48-34(44-31)27(20-42-48)22-11-14-29(41-19-22)26-9-6-7-10-28(26)37/h6-7,9-11,14,19-21,23-25H,5,8,12-13,15-18,38H2,1-4H3,(H,39,40)/t23-,24-,25+. The van der Waals surface area contributed by atoms with Crippen molar-refractivity contribution in [1.29, 1.82) is 0 Å². The average molecular weight is 743 g/mol. The highest BCUT2D eigenvalue weighted by Crippen LogP contribution is 2.45. The van der Waals surface area contributed by atoms with Gasteiger partial charge in [-0.05, 0) is 77.9 Å². The second-order valence-corrected chi connectivity index (χ2v) is 15.8. The van der Waals surface area contributed by atoms with Crippen LogP contribution in [-0.2, 0) is 9.84 Å². The van der Waals surface area contributed by atoms with Crippen LogP contribution >= 0.6 is 0 Å². The number of benzene rings is 1. The molecule has 0 spiro atoms. The number of fused-ring (bicyclic) bond motifs is 3. The van der Waals surface area contributed by atoms with Crippen molar-refractivity contribution >= 4 is 33.2 Å². The second-order valence-electron chi connectivity index (χ2n) is 13.9. The number of nitrogens with zero attached hydrogens (tertiary/aromatic N) is 10. The van der Waals surface area contributed by atoms with Gasteiger partial charge in [0.25, 0.3) is 5.91 Å². The van der Waals surface area contributed by atoms with Crippen LogP contribution in [0.1, 0.15) is 61.1 Å². The van der Waals surface area contributed by atoms with E-state index in [0.717, 1.165) is 32.1 Å². The summed E-state index contributed by atoms with van der Waals surface area (Å²) >= 11 is 0. The Morgan fingerprint density at radius 1 is 1.06 bits per heavy atom. The fourth-order valence-electron chi connectivity index (χ4n) is 7.51. The summed E-state index contributed by atoms with van der Waals surface area (Å²) in [5.74, 6) is -0.435. The zero-order valence-corrected chi connectivity index (χ0v) is 31.0. The normalized spacial score (nSPS) is 19.0. The molecule has 1 aromatic carbocycles. The molecule has 3 atom stereocenters. The Balaban J connectivity index is 1.16. The minimum Gasteiger partial charge on any atom is -0.382 e. The van der Waals surface area contributed by atoms with Crippen LogP contribution in [0.5, 0.6) is 0 Å². The number of hydrogen-bond donors (Lipinski definition) is 2. The Bertz CT molecular complexity index is 2270. The first-order valence-electron chi connectivity index (χ1n) is 17.7. The molecule has 2 aliphatic rings. The Kier molecular flexibility index (Phi) is 9.95. The molecule has 6 heterocycles. The highest BCUT2D eigenvalue weighted by atomic mass is 32.2. The van der Waals surface area contributed by atoms with Gasteiger partial charge in [-0.25, -0.2) is 22.8 Å². The summed E-state index contributed by atoms with van der Waals surface area (Å²) in [7, 11) is 0.198. The lowest BCUT2D eigenvalue weighted by atomic mass is 9.87. The van der Waals surface area contributed by atoms with E-state index in [4.69, 9.17) is 10.7 Å². The molecule has 2 fully saturated rings. The zero-order valence-electron chi connectivity index (χ0n) is 30.1. The number of carbonyl (C=O) groups is 1. The van der Waals surface area contributed by atoms with Gasteiger partial charge in [0.15, 0.2) is 21.2 Å². The van der Waals surface area contributed by atoms with Gasteiger partial charge in [-0.2, -0.15) is 14.7 Å². The number of sulfone groups is 1. The monoisotopic (exact) mass is 742 g/mol. The van der Waals surface area contributed by atoms with E-state index < -0.39 is 9.84 Å². The van der Waals surface area contributed by atoms with Crippen molar-refractivity contribution in [3.63, 3.8) is 0 Å². The van der Waals surface area contributed by atoms with Gasteiger partial charge in [0.1, 0.15) is 16.5 Å². The molecule has 5 aromatic rings. The molecule has 0 radical (unpaired) electrons. The van der Waals surface area contributed by atoms with E-state index in [1.807, 2.05) is 25.9 Å². The minimum atomic E-state index is -3.83. The maximum Gasteiger partial charge on any atom is 0.276 e. The molecule has 0 unspecified atom stereocenters. The topological polar surface area (TPSA) is 182 Å². The number of nitrogens with one attached hydrogen (secondary N) is 1. The van der Waals surface area contributed by atoms with E-state index in [9.17, 15) is 17.6 Å². The predicted molar refractivity (Wildman–Crippen MR) is 199 cm³/mol. The molecule has 0 aliphatic carbocycles. The Morgan fingerprint density at radius 2 is 1.81 bits per heavy atom. The first kappa shape index (κ1) is 36.1. The van der Waals surface area contributed by atoms with Gasteiger partial charge < -0.3 is 20.9 Å². The van der Waals surface area contributed by atoms with Crippen LogP contribution in [-0.4, -0.2) is 117 Å². The summed E-state index contributed by atoms with van der Waals surface area (Å²) in [5, 5.41) is 16.5. The second kappa shape index (κ2) is 14.6. The van der Waals surface area contributed by atoms with Gasteiger partial charge >= 0.3 is 0 Å². The molecule has 1 amide bonds. The number of nitrogens with two attached hydrogens (primary N) is 1. The summed E-state index contributed by atoms with van der Waals surface area (Å²) < 4.78 is 42.3. The molecule has 17 heteroatoms. The molecule has 3 N–H and O–H groups in total. The van der Waals surface area contributed by atoms with E-state index in [1.54, 1.807) is 42.7 Å². The highest BCUT2D eigenvalue weighted by Gasteiger charge is 2.46. The zero-order chi connectivity index (χ0) is 37.4. The van der Waals surface area contributed by atoms with Crippen LogP contribution in [0, 0.1) is 5.82 Å². The van der Waals surface area contributed by atoms with Gasteiger partial charge in [0.05, 0.1) is 23.8 Å². The van der Waals surface area contributed by atoms with Crippen molar-refractivity contribution in [2.24, 2.45) is 4.99 Å². The van der Waals surface area contributed by atoms with Crippen molar-refractivity contribution < 1.29 is 17.6 Å². The maximum atomic E-state index is 14.4. The third kappa shape index (κ3) is 7.10. The molecular formula is C36H43FN12O3S. The summed E-state index contributed by atoms with van der Waals surface area (Å²) in [6, 6.07) is 9.61. The van der Waals surface area contributed by atoms with Gasteiger partial charge in [0.2, 0.25) is 5.96 Å². The number of nitrogen functional groups attached to an aromatic ring is 1. The summed E-state index contributed by atoms with van der Waals surface area (Å²) in [6.07, 6.45) is 9.17. The number of pyridine rings is 1. The SMILES string of the molecule is CCN/C(=N\CCCN(C)C)n1ncc(C(=O)N2[C@@H]3CC[C@H]2C[C@H](c2nc4c(-c5ccc(-c6ccccc6F)nc5)cnn4c(N)c2S(C)(=O)=O)C3)n1. The van der Waals surface area contributed by atoms with E-state index in [-0.39, 0.29) is 46.1 Å². The summed E-state index contributed by atoms with van der Waals surface area (Å²) in [6.45, 7) is 4.06. The largest absolute Gasteiger partial charge is 0.382 e. The van der Waals surface area contributed by atoms with Crippen LogP contribution < -0.4 is 11.1 Å². The first-order chi connectivity index (χ1) is 25.4. The van der Waals surface area contributed by atoms with E-state index in [0.29, 0.717) is 65.6 Å². The van der Waals surface area contributed by atoms with Gasteiger partial charge in [-0.1, -0.05) is 18.2 Å². The van der Waals surface area contributed by atoms with Gasteiger partial charge in [0, 0.05) is 60.2 Å². The van der Waals surface area contributed by atoms with Crippen molar-refractivity contribution in [2.75, 3.05) is 45.7 Å². The number of carbonyl (C=O) groups excluding carboxylic acids is 1. The first-order valence-corrected chi connectivity index (χ1v) is 19.6. The van der Waals surface area contributed by atoms with Crippen molar-refractivity contribution in [3.05, 3.63) is 72.2 Å².